The monoisotopic (exact) mass is 390 g/mol. The average molecular weight is 391 g/mol. The van der Waals surface area contributed by atoms with Crippen molar-refractivity contribution >= 4 is 40.1 Å². The zero-order chi connectivity index (χ0) is 18.3. The number of fused-ring (bicyclic) bond motifs is 3. The molecule has 0 radical (unpaired) electrons. The van der Waals surface area contributed by atoms with E-state index in [2.05, 4.69) is 15.8 Å². The van der Waals surface area contributed by atoms with E-state index in [1.54, 1.807) is 38.5 Å². The van der Waals surface area contributed by atoms with Crippen LogP contribution < -0.4 is 25.1 Å². The standard InChI is InChI=1S/C17H15ClN4O3S/c1-24-11-7-8-12(25-2)14-13(11)22-16(20-21-17(22)26-14)19-15(23)9-3-5-10(18)6-4-9/h3-8,16,20H,1-2H3,(H,19,23). The molecule has 26 heavy (non-hydrogen) atoms. The molecule has 0 aliphatic carbocycles. The number of hydrazone groups is 1. The second-order valence-corrected chi connectivity index (χ2v) is 6.94. The zero-order valence-corrected chi connectivity index (χ0v) is 15.5. The van der Waals surface area contributed by atoms with E-state index in [0.717, 1.165) is 16.3 Å². The van der Waals surface area contributed by atoms with Crippen molar-refractivity contribution in [2.75, 3.05) is 19.1 Å². The normalized spacial score (nSPS) is 17.1. The van der Waals surface area contributed by atoms with Crippen LogP contribution >= 0.6 is 23.4 Å². The van der Waals surface area contributed by atoms with Crippen LogP contribution in [-0.2, 0) is 0 Å². The van der Waals surface area contributed by atoms with Gasteiger partial charge < -0.3 is 14.8 Å². The van der Waals surface area contributed by atoms with Crippen LogP contribution in [0.15, 0.2) is 46.4 Å². The number of ether oxygens (including phenoxy) is 2. The van der Waals surface area contributed by atoms with Crippen LogP contribution in [0.4, 0.5) is 5.69 Å². The number of methoxy groups -OCH3 is 2. The molecule has 2 aliphatic heterocycles. The quantitative estimate of drug-likeness (QED) is 0.836. The maximum absolute atomic E-state index is 12.6. The second kappa shape index (κ2) is 6.62. The Morgan fingerprint density at radius 2 is 1.88 bits per heavy atom. The molecular weight excluding hydrogens is 376 g/mol. The van der Waals surface area contributed by atoms with Crippen molar-refractivity contribution < 1.29 is 14.3 Å². The molecule has 1 unspecified atom stereocenters. The summed E-state index contributed by atoms with van der Waals surface area (Å²) in [6, 6.07) is 10.4. The molecule has 2 aliphatic rings. The minimum Gasteiger partial charge on any atom is -0.495 e. The van der Waals surface area contributed by atoms with Gasteiger partial charge in [0.2, 0.25) is 0 Å². The first-order chi connectivity index (χ1) is 12.6. The number of anilines is 1. The predicted octanol–water partition coefficient (Wildman–Crippen LogP) is 2.86. The van der Waals surface area contributed by atoms with Gasteiger partial charge in [-0.25, -0.2) is 0 Å². The molecule has 0 bridgehead atoms. The third-order valence-electron chi connectivity index (χ3n) is 4.05. The molecule has 2 N–H and O–H groups in total. The van der Waals surface area contributed by atoms with Gasteiger partial charge in [-0.15, -0.1) is 0 Å². The van der Waals surface area contributed by atoms with Crippen molar-refractivity contribution in [3.63, 3.8) is 0 Å². The second-order valence-electron chi connectivity index (χ2n) is 5.53. The van der Waals surface area contributed by atoms with Crippen LogP contribution in [0.5, 0.6) is 11.5 Å². The number of halogens is 1. The lowest BCUT2D eigenvalue weighted by atomic mass is 10.2. The third kappa shape index (κ3) is 2.71. The molecule has 7 nitrogen and oxygen atoms in total. The van der Waals surface area contributed by atoms with Crippen LogP contribution in [-0.4, -0.2) is 31.6 Å². The van der Waals surface area contributed by atoms with Gasteiger partial charge in [0.1, 0.15) is 17.2 Å². The van der Waals surface area contributed by atoms with Crippen LogP contribution in [0, 0.1) is 0 Å². The first-order valence-corrected chi connectivity index (χ1v) is 8.93. The summed E-state index contributed by atoms with van der Waals surface area (Å²) in [7, 11) is 3.22. The van der Waals surface area contributed by atoms with Crippen molar-refractivity contribution in [1.29, 1.82) is 0 Å². The van der Waals surface area contributed by atoms with E-state index in [1.807, 2.05) is 17.0 Å². The minimum atomic E-state index is -0.539. The molecular formula is C17H15ClN4O3S. The zero-order valence-electron chi connectivity index (χ0n) is 13.9. The van der Waals surface area contributed by atoms with E-state index in [-0.39, 0.29) is 5.91 Å². The number of carbonyl (C=O) groups excluding carboxylic acids is 1. The molecule has 0 fully saturated rings. The van der Waals surface area contributed by atoms with E-state index < -0.39 is 6.29 Å². The molecule has 0 aromatic heterocycles. The number of amides is 1. The number of carbonyl (C=O) groups is 1. The lowest BCUT2D eigenvalue weighted by molar-refractivity contribution is 0.0933. The van der Waals surface area contributed by atoms with Crippen molar-refractivity contribution in [2.45, 2.75) is 11.2 Å². The van der Waals surface area contributed by atoms with Gasteiger partial charge in [-0.2, -0.15) is 5.10 Å². The van der Waals surface area contributed by atoms with Crippen LogP contribution in [0.2, 0.25) is 5.02 Å². The smallest absolute Gasteiger partial charge is 0.254 e. The predicted molar refractivity (Wildman–Crippen MR) is 101 cm³/mol. The lowest BCUT2D eigenvalue weighted by Gasteiger charge is -2.25. The summed E-state index contributed by atoms with van der Waals surface area (Å²) >= 11 is 7.33. The molecule has 4 rings (SSSR count). The number of nitrogens with one attached hydrogen (secondary N) is 2. The Balaban J connectivity index is 1.63. The van der Waals surface area contributed by atoms with Crippen molar-refractivity contribution in [3.8, 4) is 11.5 Å². The van der Waals surface area contributed by atoms with Gasteiger partial charge in [0.25, 0.3) is 5.91 Å². The van der Waals surface area contributed by atoms with E-state index in [4.69, 9.17) is 21.1 Å². The highest BCUT2D eigenvalue weighted by atomic mass is 35.5. The van der Waals surface area contributed by atoms with Gasteiger partial charge >= 0.3 is 0 Å². The maximum Gasteiger partial charge on any atom is 0.254 e. The topological polar surface area (TPSA) is 75.2 Å². The molecule has 0 saturated heterocycles. The summed E-state index contributed by atoms with van der Waals surface area (Å²) in [5.74, 6) is 1.16. The fourth-order valence-corrected chi connectivity index (χ4v) is 4.07. The van der Waals surface area contributed by atoms with E-state index in [1.165, 1.54) is 11.8 Å². The third-order valence-corrected chi connectivity index (χ3v) is 5.37. The van der Waals surface area contributed by atoms with E-state index >= 15 is 0 Å². The fraction of sp³-hybridized carbons (Fsp3) is 0.176. The summed E-state index contributed by atoms with van der Waals surface area (Å²) in [6.07, 6.45) is -0.539. The first kappa shape index (κ1) is 16.9. The SMILES string of the molecule is COc1ccc(OC)c2c1SC1=NNC(NC(=O)c3ccc(Cl)cc3)N12. The molecule has 9 heteroatoms. The Labute approximate surface area is 159 Å². The number of rotatable bonds is 4. The Morgan fingerprint density at radius 1 is 1.19 bits per heavy atom. The molecule has 0 saturated carbocycles. The fourth-order valence-electron chi connectivity index (χ4n) is 2.82. The first-order valence-electron chi connectivity index (χ1n) is 7.74. The Kier molecular flexibility index (Phi) is 4.29. The highest BCUT2D eigenvalue weighted by Gasteiger charge is 2.41. The molecule has 1 amide bonds. The summed E-state index contributed by atoms with van der Waals surface area (Å²) < 4.78 is 10.9. The lowest BCUT2D eigenvalue weighted by Crippen LogP contribution is -2.51. The molecule has 134 valence electrons. The van der Waals surface area contributed by atoms with E-state index in [0.29, 0.717) is 21.5 Å². The van der Waals surface area contributed by atoms with E-state index in [9.17, 15) is 4.79 Å². The van der Waals surface area contributed by atoms with Crippen molar-refractivity contribution in [1.82, 2.24) is 10.7 Å². The minimum absolute atomic E-state index is 0.240. The highest BCUT2D eigenvalue weighted by molar-refractivity contribution is 8.15. The summed E-state index contributed by atoms with van der Waals surface area (Å²) in [6.45, 7) is 0. The average Bonchev–Trinajstić information content (AvgIpc) is 3.21. The Morgan fingerprint density at radius 3 is 2.58 bits per heavy atom. The van der Waals surface area contributed by atoms with Crippen molar-refractivity contribution in [3.05, 3.63) is 47.0 Å². The Bertz CT molecular complexity index is 904. The summed E-state index contributed by atoms with van der Waals surface area (Å²) in [4.78, 5) is 15.3. The summed E-state index contributed by atoms with van der Waals surface area (Å²) in [5, 5.41) is 8.53. The van der Waals surface area contributed by atoms with Gasteiger partial charge in [0, 0.05) is 10.6 Å². The highest BCUT2D eigenvalue weighted by Crippen LogP contribution is 2.52. The number of nitrogens with zero attached hydrogens (tertiary/aromatic N) is 2. The molecule has 0 spiro atoms. The van der Waals surface area contributed by atoms with Gasteiger partial charge in [-0.05, 0) is 48.2 Å². The van der Waals surface area contributed by atoms with Crippen LogP contribution in [0.3, 0.4) is 0 Å². The number of amidine groups is 1. The molecule has 2 aromatic rings. The molecule has 1 atom stereocenters. The number of benzene rings is 2. The Hall–Kier alpha value is -2.58. The number of hydrogen-bond acceptors (Lipinski definition) is 7. The van der Waals surface area contributed by atoms with Crippen molar-refractivity contribution in [2.24, 2.45) is 5.10 Å². The summed E-state index contributed by atoms with van der Waals surface area (Å²) in [5.41, 5.74) is 4.26. The van der Waals surface area contributed by atoms with Gasteiger partial charge in [-0.1, -0.05) is 11.6 Å². The van der Waals surface area contributed by atoms with Gasteiger partial charge in [0.05, 0.1) is 19.1 Å². The number of thioether (sulfide) groups is 1. The van der Waals surface area contributed by atoms with Crippen LogP contribution in [0.1, 0.15) is 10.4 Å². The largest absolute Gasteiger partial charge is 0.495 e. The van der Waals surface area contributed by atoms with Gasteiger partial charge in [0.15, 0.2) is 11.5 Å². The maximum atomic E-state index is 12.6. The molecule has 2 aromatic carbocycles. The molecule has 2 heterocycles. The van der Waals surface area contributed by atoms with Gasteiger partial charge in [-0.3, -0.25) is 15.1 Å². The van der Waals surface area contributed by atoms with Crippen LogP contribution in [0.25, 0.3) is 0 Å². The number of hydrogen-bond donors (Lipinski definition) is 2.